The first-order valence-electron chi connectivity index (χ1n) is 9.02. The third kappa shape index (κ3) is 10.4. The second kappa shape index (κ2) is 12.8. The fourth-order valence-corrected chi connectivity index (χ4v) is 3.20. The Morgan fingerprint density at radius 1 is 0.917 bits per heavy atom. The number of hydrogen-bond donors (Lipinski definition) is 2. The SMILES string of the molecule is CCCCCCCCCCCCc1ccc(OP(=O)(O)OS)cc1. The van der Waals surface area contributed by atoms with Crippen LogP contribution in [0, 0.1) is 0 Å². The number of phosphoric ester groups is 1. The number of phosphoric acid groups is 1. The zero-order valence-corrected chi connectivity index (χ0v) is 16.4. The van der Waals surface area contributed by atoms with Crippen molar-refractivity contribution in [3.05, 3.63) is 29.8 Å². The third-order valence-corrected chi connectivity index (χ3v) is 5.33. The quantitative estimate of drug-likeness (QED) is 0.169. The molecule has 0 spiro atoms. The van der Waals surface area contributed by atoms with Crippen molar-refractivity contribution in [3.63, 3.8) is 0 Å². The van der Waals surface area contributed by atoms with Crippen LogP contribution in [0.15, 0.2) is 24.3 Å². The number of aryl methyl sites for hydroxylation is 1. The first-order chi connectivity index (χ1) is 11.6. The summed E-state index contributed by atoms with van der Waals surface area (Å²) in [5.41, 5.74) is 1.21. The molecule has 0 bridgehead atoms. The molecule has 4 nitrogen and oxygen atoms in total. The van der Waals surface area contributed by atoms with Gasteiger partial charge in [0.25, 0.3) is 0 Å². The van der Waals surface area contributed by atoms with Crippen LogP contribution in [0.4, 0.5) is 0 Å². The van der Waals surface area contributed by atoms with Crippen LogP contribution in [0.3, 0.4) is 0 Å². The number of rotatable bonds is 14. The molecule has 6 heteroatoms. The molecule has 0 aliphatic rings. The second-order valence-corrected chi connectivity index (χ2v) is 7.99. The maximum atomic E-state index is 11.2. The lowest BCUT2D eigenvalue weighted by molar-refractivity contribution is 0.308. The molecule has 1 unspecified atom stereocenters. The summed E-state index contributed by atoms with van der Waals surface area (Å²) < 4.78 is 20.2. The summed E-state index contributed by atoms with van der Waals surface area (Å²) in [6.45, 7) is 2.25. The molecule has 1 aromatic carbocycles. The normalized spacial score (nSPS) is 13.6. The molecule has 0 saturated carbocycles. The first-order valence-corrected chi connectivity index (χ1v) is 10.9. The van der Waals surface area contributed by atoms with Gasteiger partial charge in [0.2, 0.25) is 0 Å². The molecule has 1 rings (SSSR count). The Morgan fingerprint density at radius 3 is 1.92 bits per heavy atom. The summed E-state index contributed by atoms with van der Waals surface area (Å²) in [4.78, 5) is 9.19. The van der Waals surface area contributed by atoms with Gasteiger partial charge in [-0.3, -0.25) is 4.89 Å². The highest BCUT2D eigenvalue weighted by Crippen LogP contribution is 2.44. The molecular weight excluding hydrogens is 343 g/mol. The fourth-order valence-electron chi connectivity index (χ4n) is 2.68. The van der Waals surface area contributed by atoms with Crippen LogP contribution < -0.4 is 4.52 Å². The van der Waals surface area contributed by atoms with Crippen LogP contribution in [0.5, 0.6) is 5.75 Å². The van der Waals surface area contributed by atoms with Crippen LogP contribution in [0.1, 0.15) is 76.7 Å². The molecule has 0 heterocycles. The lowest BCUT2D eigenvalue weighted by atomic mass is 10.0. The topological polar surface area (TPSA) is 55.8 Å². The van der Waals surface area contributed by atoms with Gasteiger partial charge in [-0.15, -0.1) is 0 Å². The highest BCUT2D eigenvalue weighted by atomic mass is 32.1. The molecule has 0 aromatic heterocycles. The van der Waals surface area contributed by atoms with Gasteiger partial charge in [0.1, 0.15) is 5.75 Å². The summed E-state index contributed by atoms with van der Waals surface area (Å²) in [7, 11) is -4.09. The summed E-state index contributed by atoms with van der Waals surface area (Å²) in [6.07, 6.45) is 14.3. The van der Waals surface area contributed by atoms with Gasteiger partial charge >= 0.3 is 7.82 Å². The number of benzene rings is 1. The minimum atomic E-state index is -4.09. The van der Waals surface area contributed by atoms with Crippen molar-refractivity contribution >= 4 is 20.7 Å². The van der Waals surface area contributed by atoms with Gasteiger partial charge in [-0.1, -0.05) is 76.8 Å². The molecule has 24 heavy (non-hydrogen) atoms. The second-order valence-electron chi connectivity index (χ2n) is 6.22. The Bertz CT molecular complexity index is 478. The van der Waals surface area contributed by atoms with Crippen LogP contribution in [-0.4, -0.2) is 4.89 Å². The molecule has 0 amide bonds. The van der Waals surface area contributed by atoms with Crippen LogP contribution in [0.2, 0.25) is 0 Å². The van der Waals surface area contributed by atoms with Crippen molar-refractivity contribution in [2.24, 2.45) is 0 Å². The van der Waals surface area contributed by atoms with Gasteiger partial charge in [-0.25, -0.2) is 8.54 Å². The molecule has 1 atom stereocenters. The summed E-state index contributed by atoms with van der Waals surface area (Å²) in [5.74, 6) is 0.307. The van der Waals surface area contributed by atoms with E-state index in [1.165, 1.54) is 69.8 Å². The molecule has 0 radical (unpaired) electrons. The average Bonchev–Trinajstić information content (AvgIpc) is 2.58. The predicted octanol–water partition coefficient (Wildman–Crippen LogP) is 6.49. The number of thiol groups is 1. The predicted molar refractivity (Wildman–Crippen MR) is 103 cm³/mol. The van der Waals surface area contributed by atoms with E-state index in [0.717, 1.165) is 6.42 Å². The minimum Gasteiger partial charge on any atom is -0.404 e. The van der Waals surface area contributed by atoms with Crippen LogP contribution >= 0.6 is 20.7 Å². The van der Waals surface area contributed by atoms with E-state index in [-0.39, 0.29) is 0 Å². The summed E-state index contributed by atoms with van der Waals surface area (Å²) >= 11 is 3.32. The van der Waals surface area contributed by atoms with Crippen LogP contribution in [-0.2, 0) is 15.0 Å². The van der Waals surface area contributed by atoms with E-state index in [1.54, 1.807) is 12.1 Å². The molecule has 0 aliphatic carbocycles. The van der Waals surface area contributed by atoms with E-state index < -0.39 is 7.82 Å². The van der Waals surface area contributed by atoms with Crippen molar-refractivity contribution < 1.29 is 18.0 Å². The van der Waals surface area contributed by atoms with E-state index in [1.807, 2.05) is 12.1 Å². The maximum Gasteiger partial charge on any atom is 0.538 e. The monoisotopic (exact) mass is 374 g/mol. The van der Waals surface area contributed by atoms with Crippen molar-refractivity contribution in [2.75, 3.05) is 0 Å². The third-order valence-electron chi connectivity index (χ3n) is 4.07. The lowest BCUT2D eigenvalue weighted by Gasteiger charge is -2.09. The molecule has 138 valence electrons. The van der Waals surface area contributed by atoms with Gasteiger partial charge in [0.15, 0.2) is 0 Å². The molecule has 0 fully saturated rings. The minimum absolute atomic E-state index is 0.307. The summed E-state index contributed by atoms with van der Waals surface area (Å²) in [6, 6.07) is 7.20. The van der Waals surface area contributed by atoms with Crippen molar-refractivity contribution in [3.8, 4) is 5.75 Å². The van der Waals surface area contributed by atoms with Crippen molar-refractivity contribution in [2.45, 2.75) is 77.6 Å². The van der Waals surface area contributed by atoms with Gasteiger partial charge in [-0.2, -0.15) is 0 Å². The number of hydrogen-bond acceptors (Lipinski definition) is 4. The average molecular weight is 374 g/mol. The van der Waals surface area contributed by atoms with Gasteiger partial charge < -0.3 is 4.52 Å². The summed E-state index contributed by atoms with van der Waals surface area (Å²) in [5, 5.41) is 0. The lowest BCUT2D eigenvalue weighted by Crippen LogP contribution is -1.92. The largest absolute Gasteiger partial charge is 0.538 e. The molecule has 1 N–H and O–H groups in total. The van der Waals surface area contributed by atoms with Gasteiger partial charge in [0.05, 0.1) is 0 Å². The van der Waals surface area contributed by atoms with E-state index in [2.05, 4.69) is 23.8 Å². The van der Waals surface area contributed by atoms with Crippen molar-refractivity contribution in [1.29, 1.82) is 0 Å². The Labute approximate surface area is 152 Å². The Kier molecular flexibility index (Phi) is 11.5. The maximum absolute atomic E-state index is 11.2. The fraction of sp³-hybridized carbons (Fsp3) is 0.667. The van der Waals surface area contributed by atoms with Crippen molar-refractivity contribution in [1.82, 2.24) is 0 Å². The Hall–Kier alpha value is -0.480. The first kappa shape index (κ1) is 21.6. The molecular formula is C18H31O4PS. The highest BCUT2D eigenvalue weighted by Gasteiger charge is 2.21. The Balaban J connectivity index is 2.08. The standard InChI is InChI=1S/C18H31O4PS/c1-2-3-4-5-6-7-8-9-10-11-12-17-13-15-18(16-14-17)21-23(19,20)22-24/h13-16,24H,2-12H2,1H3,(H,19,20). The molecule has 1 aromatic rings. The zero-order chi connectivity index (χ0) is 17.7. The van der Waals surface area contributed by atoms with E-state index in [0.29, 0.717) is 5.75 Å². The number of unbranched alkanes of at least 4 members (excludes halogenated alkanes) is 9. The Morgan fingerprint density at radius 2 is 1.42 bits per heavy atom. The smallest absolute Gasteiger partial charge is 0.404 e. The van der Waals surface area contributed by atoms with Gasteiger partial charge in [-0.05, 0) is 43.4 Å². The van der Waals surface area contributed by atoms with Crippen LogP contribution in [0.25, 0.3) is 0 Å². The van der Waals surface area contributed by atoms with E-state index in [9.17, 15) is 9.46 Å². The van der Waals surface area contributed by atoms with Gasteiger partial charge in [0, 0.05) is 0 Å². The highest BCUT2D eigenvalue weighted by molar-refractivity contribution is 7.80. The van der Waals surface area contributed by atoms with E-state index in [4.69, 9.17) is 4.52 Å². The molecule has 0 aliphatic heterocycles. The van der Waals surface area contributed by atoms with E-state index >= 15 is 0 Å². The zero-order valence-electron chi connectivity index (χ0n) is 14.7. The molecule has 0 saturated heterocycles.